The van der Waals surface area contributed by atoms with Gasteiger partial charge in [0.05, 0.1) is 19.9 Å². The molecular weight excluding hydrogens is 380 g/mol. The van der Waals surface area contributed by atoms with Gasteiger partial charge in [-0.15, -0.1) is 10.2 Å². The highest BCUT2D eigenvalue weighted by Crippen LogP contribution is 2.43. The van der Waals surface area contributed by atoms with Gasteiger partial charge in [0.25, 0.3) is 0 Å². The molecule has 0 aliphatic carbocycles. The van der Waals surface area contributed by atoms with Gasteiger partial charge >= 0.3 is 0 Å². The SMILES string of the molecule is COc1ccncc1-c1ccc(OC)c(C#N)c1N1CCC(c2nncn2C)CC1. The van der Waals surface area contributed by atoms with Crippen LogP contribution in [0.4, 0.5) is 5.69 Å². The average molecular weight is 404 g/mol. The molecule has 0 bridgehead atoms. The standard InChI is InChI=1S/C22H24N6O2/c1-27-14-25-26-22(27)15-7-10-28(11-8-15)21-16(4-5-19(29-2)17(21)12-23)18-13-24-9-6-20(18)30-3/h4-6,9,13-15H,7-8,10-11H2,1-3H3. The van der Waals surface area contributed by atoms with Crippen LogP contribution < -0.4 is 14.4 Å². The number of aryl methyl sites for hydroxylation is 1. The van der Waals surface area contributed by atoms with Crippen molar-refractivity contribution in [2.24, 2.45) is 7.05 Å². The van der Waals surface area contributed by atoms with Crippen LogP contribution in [0.2, 0.25) is 0 Å². The van der Waals surface area contributed by atoms with Crippen molar-refractivity contribution in [3.8, 4) is 28.7 Å². The molecule has 8 heteroatoms. The molecule has 2 aromatic heterocycles. The number of ether oxygens (including phenoxy) is 2. The summed E-state index contributed by atoms with van der Waals surface area (Å²) >= 11 is 0. The van der Waals surface area contributed by atoms with Crippen LogP contribution in [-0.4, -0.2) is 47.1 Å². The van der Waals surface area contributed by atoms with Crippen molar-refractivity contribution in [2.45, 2.75) is 18.8 Å². The Morgan fingerprint density at radius 3 is 2.47 bits per heavy atom. The van der Waals surface area contributed by atoms with Gasteiger partial charge in [0.15, 0.2) is 0 Å². The van der Waals surface area contributed by atoms with E-state index in [1.54, 1.807) is 32.9 Å². The maximum absolute atomic E-state index is 9.97. The Morgan fingerprint density at radius 1 is 1.07 bits per heavy atom. The Bertz CT molecular complexity index is 1080. The number of methoxy groups -OCH3 is 2. The van der Waals surface area contributed by atoms with E-state index in [1.807, 2.05) is 29.8 Å². The normalized spacial score (nSPS) is 14.4. The molecule has 0 saturated carbocycles. The topological polar surface area (TPSA) is 89.1 Å². The number of pyridine rings is 1. The van der Waals surface area contributed by atoms with E-state index in [-0.39, 0.29) is 0 Å². The summed E-state index contributed by atoms with van der Waals surface area (Å²) in [7, 11) is 5.20. The quantitative estimate of drug-likeness (QED) is 0.645. The van der Waals surface area contributed by atoms with Gasteiger partial charge in [-0.2, -0.15) is 5.26 Å². The molecule has 0 unspecified atom stereocenters. The first-order valence-electron chi connectivity index (χ1n) is 9.86. The predicted molar refractivity (Wildman–Crippen MR) is 113 cm³/mol. The van der Waals surface area contributed by atoms with Crippen LogP contribution >= 0.6 is 0 Å². The van der Waals surface area contributed by atoms with Gasteiger partial charge in [0, 0.05) is 49.6 Å². The van der Waals surface area contributed by atoms with Gasteiger partial charge in [-0.25, -0.2) is 0 Å². The molecule has 1 aromatic carbocycles. The Kier molecular flexibility index (Phi) is 5.53. The monoisotopic (exact) mass is 404 g/mol. The highest BCUT2D eigenvalue weighted by molar-refractivity contribution is 5.87. The van der Waals surface area contributed by atoms with Crippen molar-refractivity contribution < 1.29 is 9.47 Å². The summed E-state index contributed by atoms with van der Waals surface area (Å²) in [4.78, 5) is 6.54. The molecule has 30 heavy (non-hydrogen) atoms. The number of nitriles is 1. The third-order valence-electron chi connectivity index (χ3n) is 5.69. The van der Waals surface area contributed by atoms with Crippen LogP contribution in [0.25, 0.3) is 11.1 Å². The maximum Gasteiger partial charge on any atom is 0.138 e. The average Bonchev–Trinajstić information content (AvgIpc) is 3.23. The van der Waals surface area contributed by atoms with Crippen molar-refractivity contribution in [2.75, 3.05) is 32.2 Å². The zero-order chi connectivity index (χ0) is 21.1. The van der Waals surface area contributed by atoms with E-state index < -0.39 is 0 Å². The molecule has 0 spiro atoms. The van der Waals surface area contributed by atoms with Crippen molar-refractivity contribution in [1.82, 2.24) is 19.7 Å². The lowest BCUT2D eigenvalue weighted by molar-refractivity contribution is 0.412. The fourth-order valence-corrected chi connectivity index (χ4v) is 4.18. The second-order valence-corrected chi connectivity index (χ2v) is 7.29. The van der Waals surface area contributed by atoms with E-state index in [9.17, 15) is 5.26 Å². The number of hydrogen-bond donors (Lipinski definition) is 0. The second-order valence-electron chi connectivity index (χ2n) is 7.29. The number of nitrogens with zero attached hydrogens (tertiary/aromatic N) is 6. The first kappa shape index (κ1) is 19.7. The van der Waals surface area contributed by atoms with Crippen molar-refractivity contribution in [3.63, 3.8) is 0 Å². The third kappa shape index (κ3) is 3.43. The minimum absolute atomic E-state index is 0.348. The second kappa shape index (κ2) is 8.41. The van der Waals surface area contributed by atoms with E-state index in [4.69, 9.17) is 9.47 Å². The minimum Gasteiger partial charge on any atom is -0.496 e. The van der Waals surface area contributed by atoms with Crippen molar-refractivity contribution in [1.29, 1.82) is 5.26 Å². The molecule has 0 amide bonds. The Balaban J connectivity index is 1.75. The highest BCUT2D eigenvalue weighted by atomic mass is 16.5. The molecule has 3 heterocycles. The first-order chi connectivity index (χ1) is 14.7. The molecule has 0 atom stereocenters. The van der Waals surface area contributed by atoms with Crippen LogP contribution in [-0.2, 0) is 7.05 Å². The minimum atomic E-state index is 0.348. The van der Waals surface area contributed by atoms with Crippen molar-refractivity contribution >= 4 is 5.69 Å². The summed E-state index contributed by atoms with van der Waals surface area (Å²) in [5, 5.41) is 18.3. The van der Waals surface area contributed by atoms with Crippen LogP contribution in [0.15, 0.2) is 36.9 Å². The van der Waals surface area contributed by atoms with E-state index in [0.29, 0.717) is 23.0 Å². The molecule has 3 aromatic rings. The number of piperidine rings is 1. The zero-order valence-electron chi connectivity index (χ0n) is 17.4. The van der Waals surface area contributed by atoms with Crippen molar-refractivity contribution in [3.05, 3.63) is 48.3 Å². The Hall–Kier alpha value is -3.60. The summed E-state index contributed by atoms with van der Waals surface area (Å²) in [6.45, 7) is 1.60. The molecule has 1 fully saturated rings. The Morgan fingerprint density at radius 2 is 1.83 bits per heavy atom. The Labute approximate surface area is 175 Å². The molecule has 0 radical (unpaired) electrons. The van der Waals surface area contributed by atoms with Gasteiger partial charge in [0.1, 0.15) is 35.3 Å². The number of benzene rings is 1. The molecule has 0 N–H and O–H groups in total. The molecular formula is C22H24N6O2. The fourth-order valence-electron chi connectivity index (χ4n) is 4.18. The van der Waals surface area contributed by atoms with Gasteiger partial charge in [-0.05, 0) is 31.0 Å². The van der Waals surface area contributed by atoms with Gasteiger partial charge < -0.3 is 18.9 Å². The molecule has 154 valence electrons. The third-order valence-corrected chi connectivity index (χ3v) is 5.69. The number of anilines is 1. The van der Waals surface area contributed by atoms with E-state index in [2.05, 4.69) is 26.2 Å². The van der Waals surface area contributed by atoms with Crippen LogP contribution in [0.3, 0.4) is 0 Å². The lowest BCUT2D eigenvalue weighted by Gasteiger charge is -2.35. The number of aromatic nitrogens is 4. The molecule has 1 aliphatic heterocycles. The number of rotatable bonds is 5. The zero-order valence-corrected chi connectivity index (χ0v) is 17.4. The summed E-state index contributed by atoms with van der Waals surface area (Å²) in [6, 6.07) is 7.99. The molecule has 1 aliphatic rings. The first-order valence-corrected chi connectivity index (χ1v) is 9.86. The summed E-state index contributed by atoms with van der Waals surface area (Å²) < 4.78 is 13.0. The van der Waals surface area contributed by atoms with E-state index in [0.717, 1.165) is 48.6 Å². The van der Waals surface area contributed by atoms with E-state index >= 15 is 0 Å². The fraction of sp³-hybridized carbons (Fsp3) is 0.364. The van der Waals surface area contributed by atoms with Gasteiger partial charge in [0.2, 0.25) is 0 Å². The highest BCUT2D eigenvalue weighted by Gasteiger charge is 2.28. The molecule has 8 nitrogen and oxygen atoms in total. The molecule has 4 rings (SSSR count). The summed E-state index contributed by atoms with van der Waals surface area (Å²) in [6.07, 6.45) is 7.07. The summed E-state index contributed by atoms with van der Waals surface area (Å²) in [5.74, 6) is 2.64. The van der Waals surface area contributed by atoms with Crippen LogP contribution in [0.5, 0.6) is 11.5 Å². The smallest absolute Gasteiger partial charge is 0.138 e. The van der Waals surface area contributed by atoms with E-state index in [1.165, 1.54) is 0 Å². The predicted octanol–water partition coefficient (Wildman–Crippen LogP) is 3.15. The summed E-state index contributed by atoms with van der Waals surface area (Å²) in [5.41, 5.74) is 3.15. The van der Waals surface area contributed by atoms with Crippen LogP contribution in [0.1, 0.15) is 30.1 Å². The lowest BCUT2D eigenvalue weighted by atomic mass is 9.93. The maximum atomic E-state index is 9.97. The number of hydrogen-bond acceptors (Lipinski definition) is 7. The van der Waals surface area contributed by atoms with Gasteiger partial charge in [-0.1, -0.05) is 0 Å². The lowest BCUT2D eigenvalue weighted by Crippen LogP contribution is -2.34. The van der Waals surface area contributed by atoms with Gasteiger partial charge in [-0.3, -0.25) is 4.98 Å². The molecule has 1 saturated heterocycles. The largest absolute Gasteiger partial charge is 0.496 e. The van der Waals surface area contributed by atoms with Crippen LogP contribution in [0, 0.1) is 11.3 Å².